The average Bonchev–Trinajstić information content (AvgIpc) is 3.07. The van der Waals surface area contributed by atoms with Crippen LogP contribution in [-0.4, -0.2) is 36.5 Å². The van der Waals surface area contributed by atoms with Gasteiger partial charge in [0.15, 0.2) is 5.79 Å². The number of fused-ring (bicyclic) bond motifs is 1. The molecule has 0 radical (unpaired) electrons. The molecule has 3 aliphatic rings. The van der Waals surface area contributed by atoms with Gasteiger partial charge in [-0.05, 0) is 23.8 Å². The van der Waals surface area contributed by atoms with E-state index in [9.17, 15) is 0 Å². The Bertz CT molecular complexity index is 483. The molecule has 0 unspecified atom stereocenters. The van der Waals surface area contributed by atoms with Crippen molar-refractivity contribution in [1.82, 2.24) is 4.90 Å². The molecule has 0 N–H and O–H groups in total. The van der Waals surface area contributed by atoms with Crippen LogP contribution < -0.4 is 0 Å². The van der Waals surface area contributed by atoms with Crippen molar-refractivity contribution in [2.75, 3.05) is 19.8 Å². The van der Waals surface area contributed by atoms with Crippen molar-refractivity contribution in [1.29, 1.82) is 0 Å². The number of hydrogen-bond acceptors (Lipinski definition) is 3. The van der Waals surface area contributed by atoms with Crippen LogP contribution >= 0.6 is 0 Å². The summed E-state index contributed by atoms with van der Waals surface area (Å²) in [5, 5.41) is 0. The fourth-order valence-corrected chi connectivity index (χ4v) is 4.61. The highest BCUT2D eigenvalue weighted by Gasteiger charge is 2.50. The predicted molar refractivity (Wildman–Crippen MR) is 81.8 cm³/mol. The summed E-state index contributed by atoms with van der Waals surface area (Å²) in [6.45, 7) is 6.25. The first kappa shape index (κ1) is 13.7. The third-order valence-corrected chi connectivity index (χ3v) is 5.63. The van der Waals surface area contributed by atoms with Crippen molar-refractivity contribution in [2.45, 2.75) is 44.6 Å². The molecule has 4 rings (SSSR count). The topological polar surface area (TPSA) is 21.7 Å². The Labute approximate surface area is 127 Å². The minimum absolute atomic E-state index is 0.238. The summed E-state index contributed by atoms with van der Waals surface area (Å²) in [7, 11) is 0. The molecule has 3 heteroatoms. The van der Waals surface area contributed by atoms with Crippen LogP contribution in [0.4, 0.5) is 0 Å². The third kappa shape index (κ3) is 2.52. The van der Waals surface area contributed by atoms with E-state index in [0.717, 1.165) is 44.4 Å². The molecular formula is C18H25NO2. The predicted octanol–water partition coefficient (Wildman–Crippen LogP) is 3.05. The van der Waals surface area contributed by atoms with Crippen molar-refractivity contribution in [2.24, 2.45) is 11.8 Å². The number of likely N-dealkylation sites (tertiary alicyclic amines) is 1. The van der Waals surface area contributed by atoms with E-state index < -0.39 is 0 Å². The highest BCUT2D eigenvalue weighted by molar-refractivity contribution is 5.15. The van der Waals surface area contributed by atoms with E-state index >= 15 is 0 Å². The van der Waals surface area contributed by atoms with Gasteiger partial charge in [0.1, 0.15) is 0 Å². The standard InChI is InChI=1S/C18H25NO2/c1-14-12-19(13-15-5-3-2-4-6-15)17-7-8-18(11-16(14)17)20-9-10-21-18/h2-6,14,16-17H,7-13H2,1H3/t14-,16-,17-/m1/s1. The second kappa shape index (κ2) is 5.38. The lowest BCUT2D eigenvalue weighted by Crippen LogP contribution is -2.45. The maximum absolute atomic E-state index is 5.95. The van der Waals surface area contributed by atoms with Crippen LogP contribution in [0.3, 0.4) is 0 Å². The van der Waals surface area contributed by atoms with Crippen LogP contribution in [0, 0.1) is 11.8 Å². The minimum Gasteiger partial charge on any atom is -0.348 e. The van der Waals surface area contributed by atoms with Gasteiger partial charge >= 0.3 is 0 Å². The van der Waals surface area contributed by atoms with Gasteiger partial charge in [-0.15, -0.1) is 0 Å². The SMILES string of the molecule is C[C@@H]1CN(Cc2ccccc2)[C@@H]2CCC3(C[C@H]12)OCCO3. The van der Waals surface area contributed by atoms with E-state index in [4.69, 9.17) is 9.47 Å². The summed E-state index contributed by atoms with van der Waals surface area (Å²) in [5.74, 6) is 1.22. The Morgan fingerprint density at radius 3 is 2.71 bits per heavy atom. The van der Waals surface area contributed by atoms with Gasteiger partial charge in [-0.2, -0.15) is 0 Å². The first-order valence-corrected chi connectivity index (χ1v) is 8.32. The van der Waals surface area contributed by atoms with Crippen LogP contribution in [0.5, 0.6) is 0 Å². The van der Waals surface area contributed by atoms with E-state index in [-0.39, 0.29) is 5.79 Å². The number of rotatable bonds is 2. The summed E-state index contributed by atoms with van der Waals surface area (Å²) >= 11 is 0. The Morgan fingerprint density at radius 1 is 1.19 bits per heavy atom. The summed E-state index contributed by atoms with van der Waals surface area (Å²) in [4.78, 5) is 2.69. The van der Waals surface area contributed by atoms with Gasteiger partial charge in [0.05, 0.1) is 13.2 Å². The first-order valence-electron chi connectivity index (χ1n) is 8.32. The fourth-order valence-electron chi connectivity index (χ4n) is 4.61. The Hall–Kier alpha value is -0.900. The maximum atomic E-state index is 5.95. The van der Waals surface area contributed by atoms with Gasteiger partial charge in [0, 0.05) is 32.0 Å². The number of benzene rings is 1. The molecule has 1 spiro atoms. The molecular weight excluding hydrogens is 262 g/mol. The molecule has 3 atom stereocenters. The second-order valence-electron chi connectivity index (χ2n) is 6.97. The molecule has 1 aromatic rings. The molecule has 2 heterocycles. The van der Waals surface area contributed by atoms with Crippen LogP contribution in [0.15, 0.2) is 30.3 Å². The van der Waals surface area contributed by atoms with Crippen LogP contribution in [0.2, 0.25) is 0 Å². The van der Waals surface area contributed by atoms with Crippen molar-refractivity contribution in [3.63, 3.8) is 0 Å². The van der Waals surface area contributed by atoms with Crippen molar-refractivity contribution < 1.29 is 9.47 Å². The zero-order valence-corrected chi connectivity index (χ0v) is 12.8. The quantitative estimate of drug-likeness (QED) is 0.834. The molecule has 0 aromatic heterocycles. The highest BCUT2D eigenvalue weighted by Crippen LogP contribution is 2.47. The molecule has 0 bridgehead atoms. The van der Waals surface area contributed by atoms with Gasteiger partial charge < -0.3 is 9.47 Å². The second-order valence-corrected chi connectivity index (χ2v) is 6.97. The van der Waals surface area contributed by atoms with E-state index in [0.29, 0.717) is 6.04 Å². The molecule has 0 amide bonds. The lowest BCUT2D eigenvalue weighted by atomic mass is 9.77. The maximum Gasteiger partial charge on any atom is 0.168 e. The van der Waals surface area contributed by atoms with Crippen LogP contribution in [0.1, 0.15) is 31.7 Å². The zero-order valence-electron chi connectivity index (χ0n) is 12.8. The summed E-state index contributed by atoms with van der Waals surface area (Å²) in [5.41, 5.74) is 1.43. The minimum atomic E-state index is -0.238. The van der Waals surface area contributed by atoms with Gasteiger partial charge in [-0.25, -0.2) is 0 Å². The number of hydrogen-bond donors (Lipinski definition) is 0. The van der Waals surface area contributed by atoms with E-state index in [1.165, 1.54) is 18.5 Å². The average molecular weight is 287 g/mol. The molecule has 1 saturated carbocycles. The lowest BCUT2D eigenvalue weighted by Gasteiger charge is -2.41. The zero-order chi connectivity index (χ0) is 14.3. The largest absolute Gasteiger partial charge is 0.348 e. The molecule has 2 saturated heterocycles. The number of nitrogens with zero attached hydrogens (tertiary/aromatic N) is 1. The van der Waals surface area contributed by atoms with Crippen LogP contribution in [-0.2, 0) is 16.0 Å². The molecule has 114 valence electrons. The smallest absolute Gasteiger partial charge is 0.168 e. The lowest BCUT2D eigenvalue weighted by molar-refractivity contribution is -0.193. The summed E-state index contributed by atoms with van der Waals surface area (Å²) < 4.78 is 11.9. The molecule has 1 aromatic carbocycles. The Morgan fingerprint density at radius 2 is 1.95 bits per heavy atom. The fraction of sp³-hybridized carbons (Fsp3) is 0.667. The van der Waals surface area contributed by atoms with Gasteiger partial charge in [0.25, 0.3) is 0 Å². The monoisotopic (exact) mass is 287 g/mol. The van der Waals surface area contributed by atoms with Crippen molar-refractivity contribution >= 4 is 0 Å². The molecule has 3 fully saturated rings. The Balaban J connectivity index is 1.48. The molecule has 21 heavy (non-hydrogen) atoms. The van der Waals surface area contributed by atoms with Crippen molar-refractivity contribution in [3.05, 3.63) is 35.9 Å². The van der Waals surface area contributed by atoms with Gasteiger partial charge in [-0.3, -0.25) is 4.90 Å². The first-order chi connectivity index (χ1) is 10.3. The van der Waals surface area contributed by atoms with Gasteiger partial charge in [-0.1, -0.05) is 37.3 Å². The summed E-state index contributed by atoms with van der Waals surface area (Å²) in [6.07, 6.45) is 3.36. The van der Waals surface area contributed by atoms with Crippen LogP contribution in [0.25, 0.3) is 0 Å². The molecule has 2 aliphatic heterocycles. The van der Waals surface area contributed by atoms with Crippen molar-refractivity contribution in [3.8, 4) is 0 Å². The Kier molecular flexibility index (Phi) is 3.52. The van der Waals surface area contributed by atoms with E-state index in [2.05, 4.69) is 42.2 Å². The van der Waals surface area contributed by atoms with E-state index in [1.54, 1.807) is 0 Å². The molecule has 3 nitrogen and oxygen atoms in total. The molecule has 1 aliphatic carbocycles. The summed E-state index contributed by atoms with van der Waals surface area (Å²) in [6, 6.07) is 11.6. The highest BCUT2D eigenvalue weighted by atomic mass is 16.7. The van der Waals surface area contributed by atoms with E-state index in [1.807, 2.05) is 0 Å². The normalized spacial score (nSPS) is 35.2. The number of ether oxygens (including phenoxy) is 2. The van der Waals surface area contributed by atoms with Gasteiger partial charge in [0.2, 0.25) is 0 Å². The third-order valence-electron chi connectivity index (χ3n) is 5.63.